The predicted octanol–water partition coefficient (Wildman–Crippen LogP) is 0.805. The maximum atomic E-state index is 11.9. The van der Waals surface area contributed by atoms with E-state index in [1.807, 2.05) is 5.32 Å². The van der Waals surface area contributed by atoms with Gasteiger partial charge in [0.05, 0.1) is 5.92 Å². The number of halogens is 3. The molecule has 3 unspecified atom stereocenters. The molecule has 6 heteroatoms. The number of fused-ring (bicyclic) bond motifs is 2. The maximum absolute atomic E-state index is 11.9. The molecule has 86 valence electrons. The highest BCUT2D eigenvalue weighted by Gasteiger charge is 2.43. The van der Waals surface area contributed by atoms with Crippen molar-refractivity contribution in [3.63, 3.8) is 0 Å². The van der Waals surface area contributed by atoms with Crippen molar-refractivity contribution < 1.29 is 18.0 Å². The molecule has 1 amide bonds. The highest BCUT2D eigenvalue weighted by Crippen LogP contribution is 2.33. The second-order valence-corrected chi connectivity index (χ2v) is 4.22. The van der Waals surface area contributed by atoms with Gasteiger partial charge in [-0.3, -0.25) is 4.79 Å². The maximum Gasteiger partial charge on any atom is 0.405 e. The summed E-state index contributed by atoms with van der Waals surface area (Å²) in [4.78, 5) is 11.4. The van der Waals surface area contributed by atoms with Gasteiger partial charge in [0.15, 0.2) is 0 Å². The Kier molecular flexibility index (Phi) is 2.62. The van der Waals surface area contributed by atoms with Crippen LogP contribution >= 0.6 is 0 Å². The van der Waals surface area contributed by atoms with Crippen molar-refractivity contribution in [3.05, 3.63) is 0 Å². The highest BCUT2D eigenvalue weighted by atomic mass is 19.4. The fourth-order valence-corrected chi connectivity index (χ4v) is 2.43. The molecule has 2 bridgehead atoms. The quantitative estimate of drug-likeness (QED) is 0.725. The number of hydrogen-bond donors (Lipinski definition) is 2. The van der Waals surface area contributed by atoms with Crippen molar-refractivity contribution in [2.75, 3.05) is 6.54 Å². The molecule has 0 saturated carbocycles. The van der Waals surface area contributed by atoms with Crippen LogP contribution < -0.4 is 10.6 Å². The number of carbonyl (C=O) groups excluding carboxylic acids is 1. The van der Waals surface area contributed by atoms with E-state index in [4.69, 9.17) is 0 Å². The Hall–Kier alpha value is -0.780. The first-order chi connectivity index (χ1) is 6.96. The lowest BCUT2D eigenvalue weighted by molar-refractivity contribution is -0.141. The summed E-state index contributed by atoms with van der Waals surface area (Å²) in [6, 6.07) is 0.417. The van der Waals surface area contributed by atoms with Crippen LogP contribution in [0, 0.1) is 5.92 Å². The van der Waals surface area contributed by atoms with Gasteiger partial charge in [0.25, 0.3) is 0 Å². The largest absolute Gasteiger partial charge is 0.405 e. The molecule has 2 aliphatic rings. The summed E-state index contributed by atoms with van der Waals surface area (Å²) < 4.78 is 35.6. The summed E-state index contributed by atoms with van der Waals surface area (Å²) in [6.45, 7) is -1.22. The minimum atomic E-state index is -4.32. The van der Waals surface area contributed by atoms with Crippen LogP contribution in [-0.2, 0) is 4.79 Å². The van der Waals surface area contributed by atoms with Gasteiger partial charge in [0.1, 0.15) is 6.54 Å². The smallest absolute Gasteiger partial charge is 0.347 e. The van der Waals surface area contributed by atoms with Crippen LogP contribution in [0.1, 0.15) is 19.3 Å². The van der Waals surface area contributed by atoms with Crippen LogP contribution in [0.15, 0.2) is 0 Å². The predicted molar refractivity (Wildman–Crippen MR) is 47.1 cm³/mol. The summed E-state index contributed by atoms with van der Waals surface area (Å²) in [5.41, 5.74) is 0. The first kappa shape index (κ1) is 10.7. The van der Waals surface area contributed by atoms with Crippen LogP contribution in [0.5, 0.6) is 0 Å². The molecule has 0 aromatic heterocycles. The summed E-state index contributed by atoms with van der Waals surface area (Å²) in [7, 11) is 0. The van der Waals surface area contributed by atoms with Crippen LogP contribution in [0.3, 0.4) is 0 Å². The molecule has 0 aliphatic carbocycles. The van der Waals surface area contributed by atoms with Gasteiger partial charge < -0.3 is 10.6 Å². The lowest BCUT2D eigenvalue weighted by Crippen LogP contribution is -2.41. The standard InChI is InChI=1S/C9H13F3N2O/c10-9(11,12)4-13-8(15)6-3-5-1-2-7(6)14-5/h5-7,14H,1-4H2,(H,13,15). The first-order valence-corrected chi connectivity index (χ1v) is 5.06. The number of alkyl halides is 3. The number of carbonyl (C=O) groups is 1. The third-order valence-corrected chi connectivity index (χ3v) is 3.10. The SMILES string of the molecule is O=C(NCC(F)(F)F)C1CC2CCC1N2. The second kappa shape index (κ2) is 3.66. The first-order valence-electron chi connectivity index (χ1n) is 5.06. The number of amides is 1. The van der Waals surface area contributed by atoms with Gasteiger partial charge in [0, 0.05) is 12.1 Å². The van der Waals surface area contributed by atoms with E-state index in [0.717, 1.165) is 12.8 Å². The third-order valence-electron chi connectivity index (χ3n) is 3.10. The van der Waals surface area contributed by atoms with Crippen molar-refractivity contribution in [1.29, 1.82) is 0 Å². The van der Waals surface area contributed by atoms with E-state index in [2.05, 4.69) is 5.32 Å². The molecule has 2 saturated heterocycles. The molecule has 2 rings (SSSR count). The zero-order valence-electron chi connectivity index (χ0n) is 8.10. The molecular weight excluding hydrogens is 209 g/mol. The van der Waals surface area contributed by atoms with Crippen LogP contribution in [0.25, 0.3) is 0 Å². The molecule has 0 radical (unpaired) electrons. The molecule has 0 aromatic rings. The number of rotatable bonds is 2. The van der Waals surface area contributed by atoms with E-state index in [1.165, 1.54) is 0 Å². The molecule has 3 nitrogen and oxygen atoms in total. The summed E-state index contributed by atoms with van der Waals surface area (Å²) in [6.07, 6.45) is -1.71. The Labute approximate surface area is 85.4 Å². The van der Waals surface area contributed by atoms with E-state index in [-0.39, 0.29) is 12.0 Å². The van der Waals surface area contributed by atoms with E-state index in [9.17, 15) is 18.0 Å². The molecule has 0 spiro atoms. The molecule has 2 aliphatic heterocycles. The Bertz CT molecular complexity index is 267. The van der Waals surface area contributed by atoms with E-state index in [1.54, 1.807) is 0 Å². The van der Waals surface area contributed by atoms with Crippen molar-refractivity contribution in [2.45, 2.75) is 37.5 Å². The van der Waals surface area contributed by atoms with Crippen molar-refractivity contribution in [2.24, 2.45) is 5.92 Å². The van der Waals surface area contributed by atoms with Gasteiger partial charge in [-0.1, -0.05) is 0 Å². The van der Waals surface area contributed by atoms with Crippen molar-refractivity contribution in [1.82, 2.24) is 10.6 Å². The number of nitrogens with one attached hydrogen (secondary N) is 2. The monoisotopic (exact) mass is 222 g/mol. The van der Waals surface area contributed by atoms with Crippen LogP contribution in [0.2, 0.25) is 0 Å². The van der Waals surface area contributed by atoms with Crippen LogP contribution in [0.4, 0.5) is 13.2 Å². The lowest BCUT2D eigenvalue weighted by Gasteiger charge is -2.19. The Morgan fingerprint density at radius 2 is 2.13 bits per heavy atom. The summed E-state index contributed by atoms with van der Waals surface area (Å²) >= 11 is 0. The van der Waals surface area contributed by atoms with Gasteiger partial charge in [-0.15, -0.1) is 0 Å². The third kappa shape index (κ3) is 2.42. The average molecular weight is 222 g/mol. The topological polar surface area (TPSA) is 41.1 Å². The van der Waals surface area contributed by atoms with E-state index in [0.29, 0.717) is 12.5 Å². The molecule has 2 fully saturated rings. The average Bonchev–Trinajstić information content (AvgIpc) is 2.73. The zero-order valence-corrected chi connectivity index (χ0v) is 8.10. The molecular formula is C9H13F3N2O. The minimum absolute atomic E-state index is 0.0863. The van der Waals surface area contributed by atoms with Gasteiger partial charge >= 0.3 is 6.18 Å². The fraction of sp³-hybridized carbons (Fsp3) is 0.889. The highest BCUT2D eigenvalue weighted by molar-refractivity contribution is 5.80. The second-order valence-electron chi connectivity index (χ2n) is 4.22. The minimum Gasteiger partial charge on any atom is -0.347 e. The molecule has 2 heterocycles. The Balaban J connectivity index is 1.82. The van der Waals surface area contributed by atoms with E-state index < -0.39 is 18.6 Å². The van der Waals surface area contributed by atoms with Gasteiger partial charge in [-0.2, -0.15) is 13.2 Å². The fourth-order valence-electron chi connectivity index (χ4n) is 2.43. The van der Waals surface area contributed by atoms with Crippen molar-refractivity contribution in [3.8, 4) is 0 Å². The lowest BCUT2D eigenvalue weighted by atomic mass is 9.88. The van der Waals surface area contributed by atoms with Gasteiger partial charge in [-0.25, -0.2) is 0 Å². The van der Waals surface area contributed by atoms with Crippen molar-refractivity contribution >= 4 is 5.91 Å². The normalized spacial score (nSPS) is 34.5. The zero-order chi connectivity index (χ0) is 11.1. The molecule has 15 heavy (non-hydrogen) atoms. The van der Waals surface area contributed by atoms with Gasteiger partial charge in [0.2, 0.25) is 5.91 Å². The van der Waals surface area contributed by atoms with Gasteiger partial charge in [-0.05, 0) is 19.3 Å². The van der Waals surface area contributed by atoms with Crippen LogP contribution in [-0.4, -0.2) is 30.7 Å². The van der Waals surface area contributed by atoms with E-state index >= 15 is 0 Å². The molecule has 3 atom stereocenters. The Morgan fingerprint density at radius 3 is 2.60 bits per heavy atom. The summed E-state index contributed by atoms with van der Waals surface area (Å²) in [5, 5.41) is 5.16. The Morgan fingerprint density at radius 1 is 1.40 bits per heavy atom. The number of hydrogen-bond acceptors (Lipinski definition) is 2. The summed E-state index contributed by atoms with van der Waals surface area (Å²) in [5.74, 6) is -0.738. The molecule has 2 N–H and O–H groups in total. The molecule has 0 aromatic carbocycles.